The van der Waals surface area contributed by atoms with Crippen molar-refractivity contribution in [2.75, 3.05) is 0 Å². The highest BCUT2D eigenvalue weighted by molar-refractivity contribution is 5.78. The van der Waals surface area contributed by atoms with Crippen LogP contribution < -0.4 is 0 Å². The van der Waals surface area contributed by atoms with Crippen LogP contribution in [0.2, 0.25) is 0 Å². The third-order valence-electron chi connectivity index (χ3n) is 2.37. The smallest absolute Gasteiger partial charge is 0.00610 e. The van der Waals surface area contributed by atoms with E-state index in [2.05, 4.69) is 6.92 Å². The van der Waals surface area contributed by atoms with E-state index in [0.29, 0.717) is 0 Å². The van der Waals surface area contributed by atoms with Crippen molar-refractivity contribution in [1.29, 1.82) is 5.41 Å². The molecule has 0 aliphatic heterocycles. The predicted octanol–water partition coefficient (Wildman–Crippen LogP) is 2.46. The van der Waals surface area contributed by atoms with E-state index < -0.39 is 0 Å². The van der Waals surface area contributed by atoms with Crippen molar-refractivity contribution >= 4 is 5.71 Å². The molecule has 0 amide bonds. The molecule has 0 spiro atoms. The fourth-order valence-electron chi connectivity index (χ4n) is 1.43. The summed E-state index contributed by atoms with van der Waals surface area (Å²) >= 11 is 0. The van der Waals surface area contributed by atoms with E-state index in [1.54, 1.807) is 0 Å². The largest absolute Gasteiger partial charge is 0.310 e. The molecule has 1 fully saturated rings. The van der Waals surface area contributed by atoms with Gasteiger partial charge < -0.3 is 5.41 Å². The number of rotatable bonds is 2. The predicted molar refractivity (Wildman–Crippen MR) is 39.9 cm³/mol. The molecule has 0 saturated heterocycles. The van der Waals surface area contributed by atoms with Crippen LogP contribution in [0.5, 0.6) is 0 Å². The minimum absolute atomic E-state index is 0.850. The highest BCUT2D eigenvalue weighted by Gasteiger charge is 2.26. The molecule has 0 aromatic heterocycles. The summed E-state index contributed by atoms with van der Waals surface area (Å²) in [6.45, 7) is 4.20. The number of hydrogen-bond donors (Lipinski definition) is 1. The van der Waals surface area contributed by atoms with Gasteiger partial charge in [-0.15, -0.1) is 0 Å². The average Bonchev–Trinajstić information content (AvgIpc) is 1.79. The number of nitrogens with one attached hydrogen (secondary N) is 1. The quantitative estimate of drug-likeness (QED) is 0.548. The zero-order valence-corrected chi connectivity index (χ0v) is 6.28. The lowest BCUT2D eigenvalue weighted by Crippen LogP contribution is -2.24. The topological polar surface area (TPSA) is 23.9 Å². The van der Waals surface area contributed by atoms with Crippen molar-refractivity contribution < 1.29 is 0 Å². The van der Waals surface area contributed by atoms with Crippen molar-refractivity contribution in [3.05, 3.63) is 0 Å². The maximum absolute atomic E-state index is 7.25. The molecule has 1 N–H and O–H groups in total. The Bertz CT molecular complexity index is 118. The summed E-state index contributed by atoms with van der Waals surface area (Å²) in [5, 5.41) is 7.25. The monoisotopic (exact) mass is 125 g/mol. The van der Waals surface area contributed by atoms with Gasteiger partial charge >= 0.3 is 0 Å². The lowest BCUT2D eigenvalue weighted by molar-refractivity contribution is 0.204. The van der Waals surface area contributed by atoms with E-state index in [1.807, 2.05) is 6.92 Å². The van der Waals surface area contributed by atoms with E-state index >= 15 is 0 Å². The Morgan fingerprint density at radius 1 is 1.56 bits per heavy atom. The summed E-state index contributed by atoms with van der Waals surface area (Å²) in [4.78, 5) is 0. The van der Waals surface area contributed by atoms with Crippen LogP contribution in [0.15, 0.2) is 0 Å². The summed E-state index contributed by atoms with van der Waals surface area (Å²) in [6.07, 6.45) is 3.79. The second-order valence-corrected chi connectivity index (χ2v) is 3.30. The molecule has 0 aromatic carbocycles. The van der Waals surface area contributed by atoms with Gasteiger partial charge in [-0.2, -0.15) is 0 Å². The lowest BCUT2D eigenvalue weighted by atomic mass is 9.72. The molecule has 0 aromatic rings. The summed E-state index contributed by atoms with van der Waals surface area (Å²) in [5.41, 5.74) is 0.853. The zero-order valence-electron chi connectivity index (χ0n) is 6.28. The van der Waals surface area contributed by atoms with E-state index in [9.17, 15) is 0 Å². The molecule has 1 aliphatic carbocycles. The Balaban J connectivity index is 2.21. The summed E-state index contributed by atoms with van der Waals surface area (Å²) < 4.78 is 0. The lowest BCUT2D eigenvalue weighted by Gasteiger charge is -2.33. The van der Waals surface area contributed by atoms with Crippen molar-refractivity contribution in [1.82, 2.24) is 0 Å². The minimum Gasteiger partial charge on any atom is -0.310 e. The molecule has 9 heavy (non-hydrogen) atoms. The standard InChI is InChI=1S/C8H15N/c1-6-3-4-8(6)5-7(2)9/h6,8-9H,3-5H2,1-2H3. The fourth-order valence-corrected chi connectivity index (χ4v) is 1.43. The molecule has 0 bridgehead atoms. The van der Waals surface area contributed by atoms with Gasteiger partial charge in [-0.3, -0.25) is 0 Å². The van der Waals surface area contributed by atoms with Crippen LogP contribution in [-0.2, 0) is 0 Å². The molecule has 1 heteroatoms. The van der Waals surface area contributed by atoms with Gasteiger partial charge in [0, 0.05) is 5.71 Å². The Kier molecular flexibility index (Phi) is 1.89. The van der Waals surface area contributed by atoms with E-state index in [1.165, 1.54) is 12.8 Å². The van der Waals surface area contributed by atoms with Crippen molar-refractivity contribution in [3.63, 3.8) is 0 Å². The van der Waals surface area contributed by atoms with Gasteiger partial charge in [-0.25, -0.2) is 0 Å². The molecular weight excluding hydrogens is 110 g/mol. The first-order valence-corrected chi connectivity index (χ1v) is 3.74. The molecule has 52 valence electrons. The van der Waals surface area contributed by atoms with Crippen LogP contribution >= 0.6 is 0 Å². The maximum Gasteiger partial charge on any atom is 0.00610 e. The molecule has 1 rings (SSSR count). The first-order valence-electron chi connectivity index (χ1n) is 3.74. The van der Waals surface area contributed by atoms with Gasteiger partial charge in [0.1, 0.15) is 0 Å². The summed E-state index contributed by atoms with van der Waals surface area (Å²) in [5.74, 6) is 1.74. The molecule has 1 nitrogen and oxygen atoms in total. The Morgan fingerprint density at radius 2 is 2.22 bits per heavy atom. The van der Waals surface area contributed by atoms with Gasteiger partial charge in [-0.05, 0) is 31.6 Å². The van der Waals surface area contributed by atoms with Gasteiger partial charge in [0.05, 0.1) is 0 Å². The third kappa shape index (κ3) is 1.54. The van der Waals surface area contributed by atoms with Crippen LogP contribution in [0.3, 0.4) is 0 Å². The second kappa shape index (κ2) is 2.51. The van der Waals surface area contributed by atoms with Crippen LogP contribution in [0.4, 0.5) is 0 Å². The Labute approximate surface area is 57.0 Å². The van der Waals surface area contributed by atoms with Crippen molar-refractivity contribution in [2.24, 2.45) is 11.8 Å². The van der Waals surface area contributed by atoms with E-state index in [4.69, 9.17) is 5.41 Å². The highest BCUT2D eigenvalue weighted by Crippen LogP contribution is 2.35. The fraction of sp³-hybridized carbons (Fsp3) is 0.875. The summed E-state index contributed by atoms with van der Waals surface area (Å²) in [6, 6.07) is 0. The van der Waals surface area contributed by atoms with Crippen molar-refractivity contribution in [2.45, 2.75) is 33.1 Å². The van der Waals surface area contributed by atoms with Gasteiger partial charge in [0.25, 0.3) is 0 Å². The molecule has 0 heterocycles. The minimum atomic E-state index is 0.850. The molecule has 1 saturated carbocycles. The Hall–Kier alpha value is -0.330. The van der Waals surface area contributed by atoms with Crippen LogP contribution in [0.1, 0.15) is 33.1 Å². The molecule has 2 atom stereocenters. The zero-order chi connectivity index (χ0) is 6.85. The van der Waals surface area contributed by atoms with E-state index in [-0.39, 0.29) is 0 Å². The molecular formula is C8H15N. The average molecular weight is 125 g/mol. The molecule has 1 aliphatic rings. The molecule has 0 radical (unpaired) electrons. The first kappa shape index (κ1) is 6.79. The van der Waals surface area contributed by atoms with Crippen LogP contribution in [0.25, 0.3) is 0 Å². The second-order valence-electron chi connectivity index (χ2n) is 3.30. The normalized spacial score (nSPS) is 33.6. The molecule has 2 unspecified atom stereocenters. The SMILES string of the molecule is CC(=N)CC1CCC1C. The first-order chi connectivity index (χ1) is 4.20. The van der Waals surface area contributed by atoms with E-state index in [0.717, 1.165) is 24.0 Å². The Morgan fingerprint density at radius 3 is 2.33 bits per heavy atom. The number of hydrogen-bond acceptors (Lipinski definition) is 1. The van der Waals surface area contributed by atoms with Crippen LogP contribution in [-0.4, -0.2) is 5.71 Å². The maximum atomic E-state index is 7.25. The van der Waals surface area contributed by atoms with Gasteiger partial charge in [0.15, 0.2) is 0 Å². The summed E-state index contributed by atoms with van der Waals surface area (Å²) in [7, 11) is 0. The van der Waals surface area contributed by atoms with Crippen LogP contribution in [0, 0.1) is 17.2 Å². The third-order valence-corrected chi connectivity index (χ3v) is 2.37. The van der Waals surface area contributed by atoms with Gasteiger partial charge in [0.2, 0.25) is 0 Å². The van der Waals surface area contributed by atoms with Crippen molar-refractivity contribution in [3.8, 4) is 0 Å². The van der Waals surface area contributed by atoms with Gasteiger partial charge in [-0.1, -0.05) is 13.3 Å². The highest BCUT2D eigenvalue weighted by atomic mass is 14.4.